The molecule has 0 aliphatic carbocycles. The van der Waals surface area contributed by atoms with E-state index in [1.807, 2.05) is 12.1 Å². The van der Waals surface area contributed by atoms with Crippen molar-refractivity contribution < 1.29 is 4.74 Å². The number of halogens is 1. The Morgan fingerprint density at radius 1 is 1.19 bits per heavy atom. The number of nitrogens with one attached hydrogen (secondary N) is 1. The molecule has 0 spiro atoms. The summed E-state index contributed by atoms with van der Waals surface area (Å²) in [5.41, 5.74) is 2.06. The second kappa shape index (κ2) is 6.15. The van der Waals surface area contributed by atoms with Crippen molar-refractivity contribution in [1.82, 2.24) is 5.32 Å². The number of hydrogen-bond acceptors (Lipinski definition) is 3. The molecule has 1 aliphatic heterocycles. The van der Waals surface area contributed by atoms with Gasteiger partial charge in [0, 0.05) is 35.9 Å². The molecule has 1 saturated heterocycles. The van der Waals surface area contributed by atoms with E-state index in [-0.39, 0.29) is 11.2 Å². The lowest BCUT2D eigenvalue weighted by Gasteiger charge is -2.48. The molecule has 0 atom stereocenters. The van der Waals surface area contributed by atoms with E-state index >= 15 is 0 Å². The zero-order valence-corrected chi connectivity index (χ0v) is 14.5. The molecule has 1 aromatic carbocycles. The van der Waals surface area contributed by atoms with Gasteiger partial charge in [0.05, 0.1) is 11.2 Å². The van der Waals surface area contributed by atoms with Crippen molar-refractivity contribution in [1.29, 1.82) is 0 Å². The average Bonchev–Trinajstić information content (AvgIpc) is 2.33. The van der Waals surface area contributed by atoms with Crippen LogP contribution in [-0.2, 0) is 11.3 Å². The first kappa shape index (κ1) is 16.6. The summed E-state index contributed by atoms with van der Waals surface area (Å²) in [6.45, 7) is 14.2. The van der Waals surface area contributed by atoms with Crippen molar-refractivity contribution in [3.63, 3.8) is 0 Å². The summed E-state index contributed by atoms with van der Waals surface area (Å²) in [5.74, 6) is 0. The van der Waals surface area contributed by atoms with Crippen LogP contribution in [0.15, 0.2) is 18.2 Å². The fraction of sp³-hybridized carbons (Fsp3) is 0.647. The predicted octanol–water partition coefficient (Wildman–Crippen LogP) is 3.84. The molecular formula is C17H27ClN2O. The Labute approximate surface area is 133 Å². The molecule has 0 radical (unpaired) electrons. The van der Waals surface area contributed by atoms with Crippen LogP contribution in [0.25, 0.3) is 0 Å². The fourth-order valence-corrected chi connectivity index (χ4v) is 3.46. The summed E-state index contributed by atoms with van der Waals surface area (Å²) < 4.78 is 6.17. The summed E-state index contributed by atoms with van der Waals surface area (Å²) >= 11 is 6.43. The molecule has 0 aromatic heterocycles. The van der Waals surface area contributed by atoms with Crippen LogP contribution < -0.4 is 10.2 Å². The monoisotopic (exact) mass is 310 g/mol. The first-order chi connectivity index (χ1) is 9.74. The molecule has 0 amide bonds. The van der Waals surface area contributed by atoms with Gasteiger partial charge in [-0.05, 0) is 46.4 Å². The first-order valence-electron chi connectivity index (χ1n) is 7.67. The quantitative estimate of drug-likeness (QED) is 0.914. The van der Waals surface area contributed by atoms with E-state index in [1.165, 1.54) is 11.3 Å². The highest BCUT2D eigenvalue weighted by molar-refractivity contribution is 6.31. The second-order valence-electron chi connectivity index (χ2n) is 7.00. The third-order valence-corrected chi connectivity index (χ3v) is 4.04. The van der Waals surface area contributed by atoms with Crippen LogP contribution in [-0.4, -0.2) is 30.8 Å². The average molecular weight is 311 g/mol. The van der Waals surface area contributed by atoms with Crippen molar-refractivity contribution >= 4 is 17.3 Å². The largest absolute Gasteiger partial charge is 0.366 e. The van der Waals surface area contributed by atoms with Gasteiger partial charge < -0.3 is 15.0 Å². The molecule has 21 heavy (non-hydrogen) atoms. The van der Waals surface area contributed by atoms with E-state index in [9.17, 15) is 0 Å². The van der Waals surface area contributed by atoms with Crippen LogP contribution in [0.5, 0.6) is 0 Å². The molecule has 0 bridgehead atoms. The van der Waals surface area contributed by atoms with E-state index in [0.717, 1.165) is 31.2 Å². The van der Waals surface area contributed by atoms with Gasteiger partial charge in [0.15, 0.2) is 0 Å². The lowest BCUT2D eigenvalue weighted by molar-refractivity contribution is -0.133. The highest BCUT2D eigenvalue weighted by Crippen LogP contribution is 2.35. The van der Waals surface area contributed by atoms with Crippen molar-refractivity contribution in [3.05, 3.63) is 28.8 Å². The molecule has 4 heteroatoms. The van der Waals surface area contributed by atoms with E-state index in [4.69, 9.17) is 16.3 Å². The van der Waals surface area contributed by atoms with Crippen LogP contribution in [0, 0.1) is 0 Å². The number of hydrogen-bond donors (Lipinski definition) is 1. The second-order valence-corrected chi connectivity index (χ2v) is 7.40. The zero-order chi connectivity index (χ0) is 15.7. The van der Waals surface area contributed by atoms with Crippen LogP contribution in [0.3, 0.4) is 0 Å². The van der Waals surface area contributed by atoms with Gasteiger partial charge >= 0.3 is 0 Å². The Kier molecular flexibility index (Phi) is 4.86. The summed E-state index contributed by atoms with van der Waals surface area (Å²) in [4.78, 5) is 2.40. The summed E-state index contributed by atoms with van der Waals surface area (Å²) in [6.07, 6.45) is 0. The van der Waals surface area contributed by atoms with Crippen LogP contribution in [0.4, 0.5) is 5.69 Å². The van der Waals surface area contributed by atoms with E-state index in [1.54, 1.807) is 0 Å². The Morgan fingerprint density at radius 3 is 2.38 bits per heavy atom. The molecule has 3 nitrogen and oxygen atoms in total. The molecule has 1 aliphatic rings. The Balaban J connectivity index is 2.34. The molecular weight excluding hydrogens is 284 g/mol. The minimum absolute atomic E-state index is 0.167. The van der Waals surface area contributed by atoms with Crippen LogP contribution >= 0.6 is 11.6 Å². The van der Waals surface area contributed by atoms with Gasteiger partial charge in [-0.3, -0.25) is 0 Å². The van der Waals surface area contributed by atoms with Gasteiger partial charge in [-0.15, -0.1) is 0 Å². The van der Waals surface area contributed by atoms with E-state index in [2.05, 4.69) is 50.9 Å². The first-order valence-corrected chi connectivity index (χ1v) is 8.05. The number of morpholine rings is 1. The molecule has 2 rings (SSSR count). The summed E-state index contributed by atoms with van der Waals surface area (Å²) in [5, 5.41) is 4.21. The molecule has 1 fully saturated rings. The van der Waals surface area contributed by atoms with Gasteiger partial charge in [0.2, 0.25) is 0 Å². The molecule has 1 aromatic rings. The van der Waals surface area contributed by atoms with Crippen molar-refractivity contribution in [2.45, 2.75) is 52.4 Å². The normalized spacial score (nSPS) is 20.6. The Hall–Kier alpha value is -0.770. The maximum absolute atomic E-state index is 6.43. The van der Waals surface area contributed by atoms with Crippen LogP contribution in [0.1, 0.15) is 40.2 Å². The van der Waals surface area contributed by atoms with Gasteiger partial charge in [0.1, 0.15) is 0 Å². The zero-order valence-electron chi connectivity index (χ0n) is 13.8. The van der Waals surface area contributed by atoms with Gasteiger partial charge in [-0.2, -0.15) is 0 Å². The standard InChI is InChI=1S/C17H27ClN2O/c1-6-19-10-13-14(18)8-7-9-15(13)20-11-16(2,3)21-17(4,5)12-20/h7-9,19H,6,10-12H2,1-5H3. The lowest BCUT2D eigenvalue weighted by Crippen LogP contribution is -2.57. The predicted molar refractivity (Wildman–Crippen MR) is 90.3 cm³/mol. The number of nitrogens with zero attached hydrogens (tertiary/aromatic N) is 1. The molecule has 0 unspecified atom stereocenters. The van der Waals surface area contributed by atoms with Gasteiger partial charge in [-0.25, -0.2) is 0 Å². The van der Waals surface area contributed by atoms with E-state index < -0.39 is 0 Å². The van der Waals surface area contributed by atoms with Crippen LogP contribution in [0.2, 0.25) is 5.02 Å². The molecule has 118 valence electrons. The number of benzene rings is 1. The fourth-order valence-electron chi connectivity index (χ4n) is 3.23. The molecule has 1 heterocycles. The van der Waals surface area contributed by atoms with Crippen molar-refractivity contribution in [2.24, 2.45) is 0 Å². The number of rotatable bonds is 4. The SMILES string of the molecule is CCNCc1c(Cl)cccc1N1CC(C)(C)OC(C)(C)C1. The van der Waals surface area contributed by atoms with E-state index in [0.29, 0.717) is 0 Å². The smallest absolute Gasteiger partial charge is 0.0808 e. The third kappa shape index (κ3) is 4.12. The maximum atomic E-state index is 6.43. The van der Waals surface area contributed by atoms with Gasteiger partial charge in [0.25, 0.3) is 0 Å². The van der Waals surface area contributed by atoms with Crippen molar-refractivity contribution in [3.8, 4) is 0 Å². The maximum Gasteiger partial charge on any atom is 0.0808 e. The van der Waals surface area contributed by atoms with Crippen molar-refractivity contribution in [2.75, 3.05) is 24.5 Å². The number of ether oxygens (including phenoxy) is 1. The summed E-state index contributed by atoms with van der Waals surface area (Å²) in [6, 6.07) is 6.16. The number of anilines is 1. The Morgan fingerprint density at radius 2 is 1.81 bits per heavy atom. The molecule has 1 N–H and O–H groups in total. The lowest BCUT2D eigenvalue weighted by atomic mass is 9.97. The summed E-state index contributed by atoms with van der Waals surface area (Å²) in [7, 11) is 0. The molecule has 0 saturated carbocycles. The van der Waals surface area contributed by atoms with Gasteiger partial charge in [-0.1, -0.05) is 24.6 Å². The minimum Gasteiger partial charge on any atom is -0.366 e. The highest BCUT2D eigenvalue weighted by Gasteiger charge is 2.38. The Bertz CT molecular complexity index is 484. The highest BCUT2D eigenvalue weighted by atomic mass is 35.5. The third-order valence-electron chi connectivity index (χ3n) is 3.68. The topological polar surface area (TPSA) is 24.5 Å². The minimum atomic E-state index is -0.167.